The van der Waals surface area contributed by atoms with Crippen LogP contribution in [0.1, 0.15) is 46.0 Å². The van der Waals surface area contributed by atoms with Crippen molar-refractivity contribution in [2.24, 2.45) is 11.1 Å². The fourth-order valence-electron chi connectivity index (χ4n) is 1.85. The molecule has 0 aromatic carbocycles. The van der Waals surface area contributed by atoms with E-state index in [1.165, 1.54) is 4.90 Å². The summed E-state index contributed by atoms with van der Waals surface area (Å²) in [6.45, 7) is 5.53. The van der Waals surface area contributed by atoms with Gasteiger partial charge in [0.15, 0.2) is 0 Å². The third-order valence-corrected chi connectivity index (χ3v) is 3.19. The molecule has 1 rings (SSSR count). The summed E-state index contributed by atoms with van der Waals surface area (Å²) < 4.78 is 0. The van der Waals surface area contributed by atoms with Crippen molar-refractivity contribution in [3.63, 3.8) is 0 Å². The first-order valence-electron chi connectivity index (χ1n) is 5.99. The van der Waals surface area contributed by atoms with Crippen molar-refractivity contribution in [1.82, 2.24) is 4.90 Å². The van der Waals surface area contributed by atoms with Gasteiger partial charge < -0.3 is 5.73 Å². The molecule has 0 spiro atoms. The van der Waals surface area contributed by atoms with Gasteiger partial charge in [-0.05, 0) is 24.8 Å². The van der Waals surface area contributed by atoms with E-state index >= 15 is 0 Å². The third-order valence-electron chi connectivity index (χ3n) is 3.19. The Morgan fingerprint density at radius 2 is 1.75 bits per heavy atom. The fourth-order valence-corrected chi connectivity index (χ4v) is 1.85. The van der Waals surface area contributed by atoms with Gasteiger partial charge in [0.1, 0.15) is 0 Å². The zero-order valence-corrected chi connectivity index (χ0v) is 10.3. The van der Waals surface area contributed by atoms with Crippen molar-refractivity contribution < 1.29 is 9.59 Å². The minimum absolute atomic E-state index is 0.0110. The number of nitrogens with two attached hydrogens (primary N) is 1. The van der Waals surface area contributed by atoms with Gasteiger partial charge in [-0.25, -0.2) is 0 Å². The third kappa shape index (κ3) is 3.59. The van der Waals surface area contributed by atoms with E-state index in [1.54, 1.807) is 0 Å². The molecular formula is C12H22N2O2. The summed E-state index contributed by atoms with van der Waals surface area (Å²) in [4.78, 5) is 24.0. The Labute approximate surface area is 97.2 Å². The smallest absolute Gasteiger partial charge is 0.229 e. The van der Waals surface area contributed by atoms with Gasteiger partial charge in [0.2, 0.25) is 11.8 Å². The van der Waals surface area contributed by atoms with Crippen LogP contribution in [-0.4, -0.2) is 29.8 Å². The zero-order chi connectivity index (χ0) is 12.2. The van der Waals surface area contributed by atoms with Crippen LogP contribution in [0.4, 0.5) is 0 Å². The van der Waals surface area contributed by atoms with Crippen molar-refractivity contribution in [3.05, 3.63) is 0 Å². The average molecular weight is 226 g/mol. The zero-order valence-electron chi connectivity index (χ0n) is 10.3. The van der Waals surface area contributed by atoms with E-state index in [4.69, 9.17) is 5.73 Å². The Bertz CT molecular complexity index is 258. The minimum Gasteiger partial charge on any atom is -0.330 e. The van der Waals surface area contributed by atoms with Gasteiger partial charge in [-0.1, -0.05) is 20.3 Å². The minimum atomic E-state index is -0.0110. The molecule has 0 radical (unpaired) electrons. The fraction of sp³-hybridized carbons (Fsp3) is 0.833. The van der Waals surface area contributed by atoms with Gasteiger partial charge >= 0.3 is 0 Å². The second-order valence-corrected chi connectivity index (χ2v) is 5.26. The molecule has 0 unspecified atom stereocenters. The number of unbranched alkanes of at least 4 members (excludes halogenated alkanes) is 1. The maximum Gasteiger partial charge on any atom is 0.229 e. The monoisotopic (exact) mass is 226 g/mol. The Kier molecular flexibility index (Phi) is 4.47. The average Bonchev–Trinajstić information content (AvgIpc) is 2.55. The molecule has 0 aromatic rings. The highest BCUT2D eigenvalue weighted by Gasteiger charge is 2.28. The maximum atomic E-state index is 11.3. The number of imide groups is 1. The van der Waals surface area contributed by atoms with Crippen LogP contribution in [0, 0.1) is 5.41 Å². The summed E-state index contributed by atoms with van der Waals surface area (Å²) >= 11 is 0. The summed E-state index contributed by atoms with van der Waals surface area (Å²) in [5.41, 5.74) is 5.80. The Morgan fingerprint density at radius 1 is 1.19 bits per heavy atom. The first kappa shape index (κ1) is 13.2. The van der Waals surface area contributed by atoms with E-state index in [9.17, 15) is 9.59 Å². The van der Waals surface area contributed by atoms with Crippen LogP contribution in [0.15, 0.2) is 0 Å². The van der Waals surface area contributed by atoms with Crippen LogP contribution in [0.3, 0.4) is 0 Å². The van der Waals surface area contributed by atoms with Crippen LogP contribution in [0.5, 0.6) is 0 Å². The summed E-state index contributed by atoms with van der Waals surface area (Å²) in [5, 5.41) is 0. The van der Waals surface area contributed by atoms with E-state index in [2.05, 4.69) is 13.8 Å². The number of carbonyl (C=O) groups is 2. The lowest BCUT2D eigenvalue weighted by Gasteiger charge is -2.22. The van der Waals surface area contributed by atoms with Crippen molar-refractivity contribution in [3.8, 4) is 0 Å². The molecule has 4 nitrogen and oxygen atoms in total. The first-order valence-corrected chi connectivity index (χ1v) is 5.99. The summed E-state index contributed by atoms with van der Waals surface area (Å²) in [6.07, 6.45) is 3.74. The molecule has 1 fully saturated rings. The van der Waals surface area contributed by atoms with Crippen molar-refractivity contribution >= 4 is 11.8 Å². The van der Waals surface area contributed by atoms with E-state index < -0.39 is 0 Å². The lowest BCUT2D eigenvalue weighted by molar-refractivity contribution is -0.138. The molecule has 1 aliphatic rings. The van der Waals surface area contributed by atoms with Gasteiger partial charge in [-0.2, -0.15) is 0 Å². The molecule has 1 saturated heterocycles. The largest absolute Gasteiger partial charge is 0.330 e. The topological polar surface area (TPSA) is 63.4 Å². The van der Waals surface area contributed by atoms with E-state index in [0.717, 1.165) is 19.3 Å². The number of rotatable bonds is 6. The van der Waals surface area contributed by atoms with E-state index in [0.29, 0.717) is 25.9 Å². The van der Waals surface area contributed by atoms with Crippen LogP contribution in [0.25, 0.3) is 0 Å². The number of amides is 2. The normalized spacial score (nSPS) is 17.3. The van der Waals surface area contributed by atoms with Crippen molar-refractivity contribution in [1.29, 1.82) is 0 Å². The molecule has 0 bridgehead atoms. The quantitative estimate of drug-likeness (QED) is 0.548. The molecular weight excluding hydrogens is 204 g/mol. The number of likely N-dealkylation sites (tertiary alicyclic amines) is 1. The standard InChI is InChI=1S/C12H22N2O2/c1-12(2,9-13)7-3-4-8-14-10(15)5-6-11(14)16/h3-9,13H2,1-2H3. The molecule has 92 valence electrons. The van der Waals surface area contributed by atoms with Gasteiger partial charge in [-0.3, -0.25) is 14.5 Å². The van der Waals surface area contributed by atoms with Crippen LogP contribution in [-0.2, 0) is 9.59 Å². The number of hydrogen-bond donors (Lipinski definition) is 1. The van der Waals surface area contributed by atoms with E-state index in [-0.39, 0.29) is 17.2 Å². The lowest BCUT2D eigenvalue weighted by Crippen LogP contribution is -2.30. The van der Waals surface area contributed by atoms with Gasteiger partial charge in [0.25, 0.3) is 0 Å². The Hall–Kier alpha value is -0.900. The van der Waals surface area contributed by atoms with Gasteiger partial charge in [-0.15, -0.1) is 0 Å². The molecule has 2 amide bonds. The van der Waals surface area contributed by atoms with Crippen LogP contribution in [0.2, 0.25) is 0 Å². The highest BCUT2D eigenvalue weighted by atomic mass is 16.2. The van der Waals surface area contributed by atoms with Gasteiger partial charge in [0, 0.05) is 19.4 Å². The SMILES string of the molecule is CC(C)(CN)CCCCN1C(=O)CCC1=O. The van der Waals surface area contributed by atoms with Crippen LogP contribution < -0.4 is 5.73 Å². The second-order valence-electron chi connectivity index (χ2n) is 5.26. The first-order chi connectivity index (χ1) is 7.46. The molecule has 16 heavy (non-hydrogen) atoms. The van der Waals surface area contributed by atoms with Crippen LogP contribution >= 0.6 is 0 Å². The predicted molar refractivity (Wildman–Crippen MR) is 62.6 cm³/mol. The predicted octanol–water partition coefficient (Wildman–Crippen LogP) is 1.29. The Balaban J connectivity index is 2.21. The highest BCUT2D eigenvalue weighted by Crippen LogP contribution is 2.22. The number of carbonyl (C=O) groups excluding carboxylic acids is 2. The lowest BCUT2D eigenvalue weighted by atomic mass is 9.87. The Morgan fingerprint density at radius 3 is 2.25 bits per heavy atom. The molecule has 1 aliphatic heterocycles. The molecule has 0 atom stereocenters. The number of nitrogens with zero attached hydrogens (tertiary/aromatic N) is 1. The summed E-state index contributed by atoms with van der Waals surface area (Å²) in [6, 6.07) is 0. The maximum absolute atomic E-state index is 11.3. The van der Waals surface area contributed by atoms with Gasteiger partial charge in [0.05, 0.1) is 0 Å². The second kappa shape index (κ2) is 5.43. The summed E-state index contributed by atoms with van der Waals surface area (Å²) in [5.74, 6) is -0.0221. The molecule has 1 heterocycles. The van der Waals surface area contributed by atoms with Crippen molar-refractivity contribution in [2.45, 2.75) is 46.0 Å². The molecule has 0 saturated carbocycles. The summed E-state index contributed by atoms with van der Waals surface area (Å²) in [7, 11) is 0. The van der Waals surface area contributed by atoms with Crippen molar-refractivity contribution in [2.75, 3.05) is 13.1 Å². The molecule has 0 aliphatic carbocycles. The molecule has 4 heteroatoms. The number of hydrogen-bond acceptors (Lipinski definition) is 3. The highest BCUT2D eigenvalue weighted by molar-refractivity contribution is 6.01. The van der Waals surface area contributed by atoms with E-state index in [1.807, 2.05) is 0 Å². The molecule has 2 N–H and O–H groups in total. The molecule has 0 aromatic heterocycles.